The summed E-state index contributed by atoms with van der Waals surface area (Å²) in [4.78, 5) is 0. The molecule has 0 saturated carbocycles. The van der Waals surface area contributed by atoms with Gasteiger partial charge >= 0.3 is 0 Å². The first-order valence-corrected chi connectivity index (χ1v) is 7.78. The Bertz CT molecular complexity index is 1000. The van der Waals surface area contributed by atoms with Gasteiger partial charge in [0.25, 0.3) is 0 Å². The normalized spacial score (nSPS) is 12.1. The standard InChI is InChI=1S/C21H18O2/c1-21(2,22)17-11-5-3-8-14(17)15-10-7-13-19-20(15)16-9-4-6-12-18(16)23-19/h3-13,22H,1-2H3. The fraction of sp³-hybridized carbons (Fsp3) is 0.143. The van der Waals surface area contributed by atoms with Crippen LogP contribution in [0.25, 0.3) is 33.1 Å². The minimum Gasteiger partial charge on any atom is -0.456 e. The van der Waals surface area contributed by atoms with Crippen molar-refractivity contribution in [2.45, 2.75) is 19.4 Å². The molecule has 1 N–H and O–H groups in total. The smallest absolute Gasteiger partial charge is 0.136 e. The maximum Gasteiger partial charge on any atom is 0.136 e. The molecule has 1 aromatic heterocycles. The van der Waals surface area contributed by atoms with E-state index < -0.39 is 5.60 Å². The summed E-state index contributed by atoms with van der Waals surface area (Å²) in [6, 6.07) is 22.2. The second-order valence-corrected chi connectivity index (χ2v) is 6.38. The molecule has 0 spiro atoms. The summed E-state index contributed by atoms with van der Waals surface area (Å²) in [5, 5.41) is 12.7. The molecule has 0 atom stereocenters. The van der Waals surface area contributed by atoms with Crippen LogP contribution in [0.15, 0.2) is 71.1 Å². The van der Waals surface area contributed by atoms with Crippen molar-refractivity contribution in [3.63, 3.8) is 0 Å². The van der Waals surface area contributed by atoms with E-state index in [4.69, 9.17) is 4.42 Å². The number of para-hydroxylation sites is 1. The number of furan rings is 1. The van der Waals surface area contributed by atoms with Crippen molar-refractivity contribution in [1.29, 1.82) is 0 Å². The molecule has 0 aliphatic carbocycles. The summed E-state index contributed by atoms with van der Waals surface area (Å²) in [5.74, 6) is 0. The molecule has 0 saturated heterocycles. The molecule has 4 rings (SSSR count). The van der Waals surface area contributed by atoms with Crippen molar-refractivity contribution in [3.05, 3.63) is 72.3 Å². The van der Waals surface area contributed by atoms with Gasteiger partial charge in [0.2, 0.25) is 0 Å². The minimum atomic E-state index is -0.904. The molecule has 0 amide bonds. The molecular weight excluding hydrogens is 284 g/mol. The molecule has 0 bridgehead atoms. The van der Waals surface area contributed by atoms with Gasteiger partial charge in [0, 0.05) is 10.8 Å². The fourth-order valence-corrected chi connectivity index (χ4v) is 3.25. The van der Waals surface area contributed by atoms with Crippen LogP contribution in [0.1, 0.15) is 19.4 Å². The van der Waals surface area contributed by atoms with Gasteiger partial charge in [-0.1, -0.05) is 54.6 Å². The number of fused-ring (bicyclic) bond motifs is 3. The summed E-state index contributed by atoms with van der Waals surface area (Å²) in [6.07, 6.45) is 0. The maximum atomic E-state index is 10.5. The quantitative estimate of drug-likeness (QED) is 0.532. The van der Waals surface area contributed by atoms with Crippen molar-refractivity contribution >= 4 is 21.9 Å². The summed E-state index contributed by atoms with van der Waals surface area (Å²) >= 11 is 0. The van der Waals surface area contributed by atoms with Crippen molar-refractivity contribution in [1.82, 2.24) is 0 Å². The third kappa shape index (κ3) is 2.23. The molecule has 0 radical (unpaired) electrons. The Morgan fingerprint density at radius 1 is 0.739 bits per heavy atom. The van der Waals surface area contributed by atoms with Gasteiger partial charge in [0.15, 0.2) is 0 Å². The highest BCUT2D eigenvalue weighted by atomic mass is 16.3. The minimum absolute atomic E-state index is 0.870. The van der Waals surface area contributed by atoms with E-state index in [1.807, 2.05) is 62.4 Å². The number of hydrogen-bond donors (Lipinski definition) is 1. The molecule has 0 aliphatic rings. The second-order valence-electron chi connectivity index (χ2n) is 6.38. The lowest BCUT2D eigenvalue weighted by Crippen LogP contribution is -2.16. The molecular formula is C21H18O2. The summed E-state index contributed by atoms with van der Waals surface area (Å²) < 4.78 is 5.98. The first kappa shape index (κ1) is 14.0. The Kier molecular flexibility index (Phi) is 3.03. The van der Waals surface area contributed by atoms with Crippen LogP contribution in [-0.2, 0) is 5.60 Å². The van der Waals surface area contributed by atoms with E-state index in [1.165, 1.54) is 0 Å². The summed E-state index contributed by atoms with van der Waals surface area (Å²) in [7, 11) is 0. The Labute approximate surface area is 135 Å². The van der Waals surface area contributed by atoms with Gasteiger partial charge in [-0.05, 0) is 42.7 Å². The van der Waals surface area contributed by atoms with Crippen molar-refractivity contribution < 1.29 is 9.52 Å². The average Bonchev–Trinajstić information content (AvgIpc) is 2.92. The highest BCUT2D eigenvalue weighted by molar-refractivity contribution is 6.12. The molecule has 3 aromatic carbocycles. The van der Waals surface area contributed by atoms with Crippen LogP contribution in [0.2, 0.25) is 0 Å². The highest BCUT2D eigenvalue weighted by Crippen LogP contribution is 2.39. The molecule has 0 fully saturated rings. The van der Waals surface area contributed by atoms with Crippen LogP contribution >= 0.6 is 0 Å². The van der Waals surface area contributed by atoms with E-state index >= 15 is 0 Å². The highest BCUT2D eigenvalue weighted by Gasteiger charge is 2.22. The largest absolute Gasteiger partial charge is 0.456 e. The molecule has 4 aromatic rings. The zero-order chi connectivity index (χ0) is 16.0. The monoisotopic (exact) mass is 302 g/mol. The predicted molar refractivity (Wildman–Crippen MR) is 94.4 cm³/mol. The number of hydrogen-bond acceptors (Lipinski definition) is 2. The van der Waals surface area contributed by atoms with Crippen LogP contribution in [0.5, 0.6) is 0 Å². The molecule has 2 heteroatoms. The maximum absolute atomic E-state index is 10.5. The van der Waals surface area contributed by atoms with Crippen LogP contribution in [0, 0.1) is 0 Å². The molecule has 2 nitrogen and oxygen atoms in total. The second kappa shape index (κ2) is 4.97. The zero-order valence-corrected chi connectivity index (χ0v) is 13.2. The predicted octanol–water partition coefficient (Wildman–Crippen LogP) is 5.48. The van der Waals surface area contributed by atoms with Crippen LogP contribution in [-0.4, -0.2) is 5.11 Å². The van der Waals surface area contributed by atoms with Gasteiger partial charge in [-0.15, -0.1) is 0 Å². The molecule has 0 unspecified atom stereocenters. The number of rotatable bonds is 2. The van der Waals surface area contributed by atoms with E-state index in [2.05, 4.69) is 18.2 Å². The first-order chi connectivity index (χ1) is 11.1. The van der Waals surface area contributed by atoms with Gasteiger partial charge in [-0.2, -0.15) is 0 Å². The van der Waals surface area contributed by atoms with Crippen molar-refractivity contribution in [2.24, 2.45) is 0 Å². The van der Waals surface area contributed by atoms with E-state index in [1.54, 1.807) is 0 Å². The van der Waals surface area contributed by atoms with Gasteiger partial charge in [-0.3, -0.25) is 0 Å². The first-order valence-electron chi connectivity index (χ1n) is 7.78. The molecule has 23 heavy (non-hydrogen) atoms. The van der Waals surface area contributed by atoms with Gasteiger partial charge in [0.1, 0.15) is 11.2 Å². The molecule has 0 aliphatic heterocycles. The Morgan fingerprint density at radius 3 is 2.22 bits per heavy atom. The Hall–Kier alpha value is -2.58. The van der Waals surface area contributed by atoms with Gasteiger partial charge in [-0.25, -0.2) is 0 Å². The number of aliphatic hydroxyl groups is 1. The van der Waals surface area contributed by atoms with Crippen LogP contribution in [0.3, 0.4) is 0 Å². The topological polar surface area (TPSA) is 33.4 Å². The van der Waals surface area contributed by atoms with Crippen molar-refractivity contribution in [2.75, 3.05) is 0 Å². The zero-order valence-electron chi connectivity index (χ0n) is 13.2. The van der Waals surface area contributed by atoms with E-state index in [-0.39, 0.29) is 0 Å². The van der Waals surface area contributed by atoms with Gasteiger partial charge in [0.05, 0.1) is 5.60 Å². The summed E-state index contributed by atoms with van der Waals surface area (Å²) in [5.41, 5.74) is 3.89. The third-order valence-electron chi connectivity index (χ3n) is 4.28. The Balaban J connectivity index is 2.12. The number of benzene rings is 3. The SMILES string of the molecule is CC(C)(O)c1ccccc1-c1cccc2oc3ccccc3c12. The van der Waals surface area contributed by atoms with Gasteiger partial charge < -0.3 is 9.52 Å². The molecule has 1 heterocycles. The lowest BCUT2D eigenvalue weighted by atomic mass is 9.88. The third-order valence-corrected chi connectivity index (χ3v) is 4.28. The van der Waals surface area contributed by atoms with Crippen LogP contribution < -0.4 is 0 Å². The van der Waals surface area contributed by atoms with E-state index in [0.29, 0.717) is 0 Å². The lowest BCUT2D eigenvalue weighted by Gasteiger charge is -2.22. The van der Waals surface area contributed by atoms with E-state index in [0.717, 1.165) is 38.6 Å². The Morgan fingerprint density at radius 2 is 1.39 bits per heavy atom. The summed E-state index contributed by atoms with van der Waals surface area (Å²) in [6.45, 7) is 3.64. The van der Waals surface area contributed by atoms with Crippen molar-refractivity contribution in [3.8, 4) is 11.1 Å². The fourth-order valence-electron chi connectivity index (χ4n) is 3.25. The van der Waals surface area contributed by atoms with Crippen LogP contribution in [0.4, 0.5) is 0 Å². The molecule has 114 valence electrons. The van der Waals surface area contributed by atoms with E-state index in [9.17, 15) is 5.11 Å². The lowest BCUT2D eigenvalue weighted by molar-refractivity contribution is 0.0792. The average molecular weight is 302 g/mol.